The van der Waals surface area contributed by atoms with Crippen molar-refractivity contribution in [3.63, 3.8) is 0 Å². The molecule has 1 aromatic heterocycles. The normalized spacial score (nSPS) is 11.8. The Labute approximate surface area is 96.9 Å². The van der Waals surface area contributed by atoms with Crippen LogP contribution < -0.4 is 0 Å². The van der Waals surface area contributed by atoms with Gasteiger partial charge in [0.1, 0.15) is 11.0 Å². The minimum atomic E-state index is -4.18. The van der Waals surface area contributed by atoms with Gasteiger partial charge in [0, 0.05) is 12.1 Å². The Morgan fingerprint density at radius 3 is 2.50 bits per heavy atom. The fraction of sp³-hybridized carbons (Fsp3) is 0.600. The smallest absolute Gasteiger partial charge is 0.238 e. The summed E-state index contributed by atoms with van der Waals surface area (Å²) in [6.45, 7) is 1.96. The molecule has 16 heavy (non-hydrogen) atoms. The molecule has 0 saturated carbocycles. The van der Waals surface area contributed by atoms with Crippen molar-refractivity contribution in [2.24, 2.45) is 0 Å². The molecule has 0 atom stereocenters. The van der Waals surface area contributed by atoms with Crippen molar-refractivity contribution in [1.29, 1.82) is 0 Å². The van der Waals surface area contributed by atoms with Crippen molar-refractivity contribution in [2.45, 2.75) is 38.8 Å². The Morgan fingerprint density at radius 2 is 1.94 bits per heavy atom. The SMILES string of the molecule is CCCc1cc(Cl)nc(CCC(F)(F)F)n1. The summed E-state index contributed by atoms with van der Waals surface area (Å²) in [5, 5.41) is 0.204. The molecule has 0 saturated heterocycles. The molecule has 0 unspecified atom stereocenters. The molecular weight excluding hydrogens is 241 g/mol. The van der Waals surface area contributed by atoms with E-state index in [0.29, 0.717) is 12.1 Å². The minimum Gasteiger partial charge on any atom is -0.238 e. The van der Waals surface area contributed by atoms with Crippen LogP contribution in [0.4, 0.5) is 13.2 Å². The van der Waals surface area contributed by atoms with Crippen LogP contribution >= 0.6 is 11.6 Å². The lowest BCUT2D eigenvalue weighted by molar-refractivity contribution is -0.134. The summed E-state index contributed by atoms with van der Waals surface area (Å²) in [6.07, 6.45) is -3.76. The van der Waals surface area contributed by atoms with E-state index in [0.717, 1.165) is 6.42 Å². The van der Waals surface area contributed by atoms with Gasteiger partial charge >= 0.3 is 6.18 Å². The first-order valence-corrected chi connectivity index (χ1v) is 5.37. The summed E-state index contributed by atoms with van der Waals surface area (Å²) in [7, 11) is 0. The molecule has 2 nitrogen and oxygen atoms in total. The maximum absolute atomic E-state index is 12.0. The summed E-state index contributed by atoms with van der Waals surface area (Å²) in [4.78, 5) is 7.80. The Hall–Kier alpha value is -0.840. The van der Waals surface area contributed by atoms with Gasteiger partial charge in [0.2, 0.25) is 0 Å². The molecule has 1 aromatic rings. The number of hydrogen-bond acceptors (Lipinski definition) is 2. The van der Waals surface area contributed by atoms with Crippen LogP contribution in [-0.2, 0) is 12.8 Å². The summed E-state index contributed by atoms with van der Waals surface area (Å²) in [5.74, 6) is 0.160. The molecule has 6 heteroatoms. The molecule has 0 aromatic carbocycles. The minimum absolute atomic E-state index is 0.160. The van der Waals surface area contributed by atoms with Crippen molar-refractivity contribution in [3.05, 3.63) is 22.7 Å². The predicted octanol–water partition coefficient (Wildman–Crippen LogP) is 3.58. The molecule has 0 aliphatic rings. The van der Waals surface area contributed by atoms with Gasteiger partial charge in [-0.2, -0.15) is 13.2 Å². The second-order valence-electron chi connectivity index (χ2n) is 3.46. The monoisotopic (exact) mass is 252 g/mol. The maximum atomic E-state index is 12.0. The number of hydrogen-bond donors (Lipinski definition) is 0. The van der Waals surface area contributed by atoms with Crippen LogP contribution in [0.3, 0.4) is 0 Å². The molecule has 0 N–H and O–H groups in total. The molecule has 0 aliphatic heterocycles. The van der Waals surface area contributed by atoms with E-state index in [2.05, 4.69) is 9.97 Å². The zero-order valence-electron chi connectivity index (χ0n) is 8.81. The maximum Gasteiger partial charge on any atom is 0.389 e. The summed E-state index contributed by atoms with van der Waals surface area (Å²) >= 11 is 5.70. The fourth-order valence-corrected chi connectivity index (χ4v) is 1.49. The van der Waals surface area contributed by atoms with E-state index in [1.54, 1.807) is 6.07 Å². The Kier molecular flexibility index (Phi) is 4.53. The third-order valence-electron chi connectivity index (χ3n) is 1.93. The molecule has 0 bridgehead atoms. The highest BCUT2D eigenvalue weighted by atomic mass is 35.5. The molecule has 0 spiro atoms. The molecule has 0 radical (unpaired) electrons. The third kappa shape index (κ3) is 4.79. The summed E-state index contributed by atoms with van der Waals surface area (Å²) in [6, 6.07) is 1.59. The van der Waals surface area contributed by atoms with Gasteiger partial charge in [0.15, 0.2) is 0 Å². The Balaban J connectivity index is 2.72. The average molecular weight is 253 g/mol. The van der Waals surface area contributed by atoms with Crippen LogP contribution in [0.2, 0.25) is 5.15 Å². The van der Waals surface area contributed by atoms with Gasteiger partial charge in [-0.15, -0.1) is 0 Å². The van der Waals surface area contributed by atoms with Crippen molar-refractivity contribution in [2.75, 3.05) is 0 Å². The highest BCUT2D eigenvalue weighted by molar-refractivity contribution is 6.29. The Bertz CT molecular complexity index is 352. The van der Waals surface area contributed by atoms with Gasteiger partial charge in [-0.3, -0.25) is 0 Å². The number of rotatable bonds is 4. The predicted molar refractivity (Wildman–Crippen MR) is 55.4 cm³/mol. The number of alkyl halides is 3. The molecule has 0 aliphatic carbocycles. The quantitative estimate of drug-likeness (QED) is 0.766. The lowest BCUT2D eigenvalue weighted by atomic mass is 10.2. The first-order valence-electron chi connectivity index (χ1n) is 5.00. The number of nitrogens with zero attached hydrogens (tertiary/aromatic N) is 2. The van der Waals surface area contributed by atoms with Gasteiger partial charge in [-0.05, 0) is 12.5 Å². The molecule has 90 valence electrons. The van der Waals surface area contributed by atoms with Gasteiger partial charge in [-0.25, -0.2) is 9.97 Å². The first kappa shape index (κ1) is 13.2. The van der Waals surface area contributed by atoms with Crippen LogP contribution in [0.5, 0.6) is 0 Å². The van der Waals surface area contributed by atoms with E-state index in [1.807, 2.05) is 6.92 Å². The fourth-order valence-electron chi connectivity index (χ4n) is 1.27. The molecule has 1 heterocycles. The average Bonchev–Trinajstić information content (AvgIpc) is 2.13. The van der Waals surface area contributed by atoms with E-state index in [9.17, 15) is 13.2 Å². The third-order valence-corrected chi connectivity index (χ3v) is 2.13. The zero-order valence-corrected chi connectivity index (χ0v) is 9.57. The van der Waals surface area contributed by atoms with Crippen LogP contribution in [0.15, 0.2) is 6.07 Å². The van der Waals surface area contributed by atoms with Crippen LogP contribution in [-0.4, -0.2) is 16.1 Å². The van der Waals surface area contributed by atoms with E-state index < -0.39 is 12.6 Å². The van der Waals surface area contributed by atoms with E-state index >= 15 is 0 Å². The molecule has 0 fully saturated rings. The van der Waals surface area contributed by atoms with Gasteiger partial charge in [-0.1, -0.05) is 24.9 Å². The van der Waals surface area contributed by atoms with E-state index in [-0.39, 0.29) is 17.4 Å². The molecule has 0 amide bonds. The highest BCUT2D eigenvalue weighted by Gasteiger charge is 2.27. The van der Waals surface area contributed by atoms with Crippen molar-refractivity contribution in [3.8, 4) is 0 Å². The highest BCUT2D eigenvalue weighted by Crippen LogP contribution is 2.21. The van der Waals surface area contributed by atoms with Crippen LogP contribution in [0.25, 0.3) is 0 Å². The van der Waals surface area contributed by atoms with Gasteiger partial charge in [0.25, 0.3) is 0 Å². The molecular formula is C10H12ClF3N2. The van der Waals surface area contributed by atoms with Crippen LogP contribution in [0.1, 0.15) is 31.3 Å². The number of halogens is 4. The molecule has 1 rings (SSSR count). The van der Waals surface area contributed by atoms with Crippen molar-refractivity contribution < 1.29 is 13.2 Å². The summed E-state index contributed by atoms with van der Waals surface area (Å²) in [5.41, 5.74) is 0.694. The second-order valence-corrected chi connectivity index (χ2v) is 3.85. The van der Waals surface area contributed by atoms with E-state index in [4.69, 9.17) is 11.6 Å². The summed E-state index contributed by atoms with van der Waals surface area (Å²) < 4.78 is 36.0. The van der Waals surface area contributed by atoms with Gasteiger partial charge < -0.3 is 0 Å². The lowest BCUT2D eigenvalue weighted by Crippen LogP contribution is -2.11. The first-order chi connectivity index (χ1) is 7.40. The number of aromatic nitrogens is 2. The van der Waals surface area contributed by atoms with E-state index in [1.165, 1.54) is 0 Å². The van der Waals surface area contributed by atoms with Crippen molar-refractivity contribution >= 4 is 11.6 Å². The standard InChI is InChI=1S/C10H12ClF3N2/c1-2-3-7-6-8(11)16-9(15-7)4-5-10(12,13)14/h6H,2-5H2,1H3. The van der Waals surface area contributed by atoms with Crippen molar-refractivity contribution in [1.82, 2.24) is 9.97 Å². The Morgan fingerprint density at radius 1 is 1.25 bits per heavy atom. The zero-order chi connectivity index (χ0) is 12.2. The lowest BCUT2D eigenvalue weighted by Gasteiger charge is -2.06. The number of aryl methyl sites for hydroxylation is 2. The largest absolute Gasteiger partial charge is 0.389 e. The second kappa shape index (κ2) is 5.48. The van der Waals surface area contributed by atoms with Gasteiger partial charge in [0.05, 0.1) is 6.42 Å². The van der Waals surface area contributed by atoms with Crippen LogP contribution in [0, 0.1) is 0 Å². The topological polar surface area (TPSA) is 25.8 Å².